The summed E-state index contributed by atoms with van der Waals surface area (Å²) in [5.74, 6) is 1.34. The van der Waals surface area contributed by atoms with Crippen LogP contribution in [0.25, 0.3) is 0 Å². The van der Waals surface area contributed by atoms with Gasteiger partial charge in [-0.05, 0) is 38.4 Å². The maximum atomic E-state index is 12.3. The lowest BCUT2D eigenvalue weighted by atomic mass is 9.97. The van der Waals surface area contributed by atoms with Crippen LogP contribution in [0.2, 0.25) is 0 Å². The Hall–Kier alpha value is -1.79. The Morgan fingerprint density at radius 1 is 1.23 bits per heavy atom. The van der Waals surface area contributed by atoms with Crippen molar-refractivity contribution in [2.75, 3.05) is 45.7 Å². The van der Waals surface area contributed by atoms with Gasteiger partial charge in [0.2, 0.25) is 5.91 Å². The van der Waals surface area contributed by atoms with Gasteiger partial charge >= 0.3 is 0 Å². The van der Waals surface area contributed by atoms with E-state index in [9.17, 15) is 4.79 Å². The maximum absolute atomic E-state index is 12.3. The van der Waals surface area contributed by atoms with Crippen LogP contribution in [0.15, 0.2) is 18.2 Å². The molecule has 1 aromatic rings. The number of carbonyl (C=O) groups is 1. The summed E-state index contributed by atoms with van der Waals surface area (Å²) in [7, 11) is 3.20. The lowest BCUT2D eigenvalue weighted by molar-refractivity contribution is -0.117. The average molecular weight is 361 g/mol. The molecule has 0 aliphatic carbocycles. The average Bonchev–Trinajstić information content (AvgIpc) is 2.62. The lowest BCUT2D eigenvalue weighted by Gasteiger charge is -2.49. The Morgan fingerprint density at radius 2 is 2.04 bits per heavy atom. The summed E-state index contributed by atoms with van der Waals surface area (Å²) in [6.45, 7) is 6.56. The molecule has 2 aliphatic rings. The van der Waals surface area contributed by atoms with Crippen molar-refractivity contribution in [3.05, 3.63) is 18.2 Å². The summed E-state index contributed by atoms with van der Waals surface area (Å²) in [6, 6.07) is 6.79. The largest absolute Gasteiger partial charge is 0.497 e. The van der Waals surface area contributed by atoms with Gasteiger partial charge in [0.05, 0.1) is 19.9 Å². The Bertz CT molecular complexity index is 616. The van der Waals surface area contributed by atoms with E-state index in [0.717, 1.165) is 19.6 Å². The summed E-state index contributed by atoms with van der Waals surface area (Å²) in [4.78, 5) is 17.3. The predicted molar refractivity (Wildman–Crippen MR) is 103 cm³/mol. The minimum absolute atomic E-state index is 0.0169. The van der Waals surface area contributed by atoms with Gasteiger partial charge in [-0.15, -0.1) is 0 Å². The van der Waals surface area contributed by atoms with Crippen molar-refractivity contribution >= 4 is 11.6 Å². The van der Waals surface area contributed by atoms with Gasteiger partial charge in [0.1, 0.15) is 11.5 Å². The van der Waals surface area contributed by atoms with Gasteiger partial charge in [0.15, 0.2) is 0 Å². The molecule has 2 saturated heterocycles. The topological polar surface area (TPSA) is 54.0 Å². The molecular weight excluding hydrogens is 330 g/mol. The van der Waals surface area contributed by atoms with Crippen LogP contribution < -0.4 is 14.8 Å². The van der Waals surface area contributed by atoms with Crippen molar-refractivity contribution in [1.82, 2.24) is 9.80 Å². The minimum atomic E-state index is 0.0169. The number of piperidine rings is 1. The molecule has 1 amide bonds. The van der Waals surface area contributed by atoms with Crippen LogP contribution in [0.4, 0.5) is 5.69 Å². The fourth-order valence-corrected chi connectivity index (χ4v) is 3.97. The van der Waals surface area contributed by atoms with E-state index >= 15 is 0 Å². The van der Waals surface area contributed by atoms with Crippen molar-refractivity contribution in [1.29, 1.82) is 0 Å². The molecule has 0 radical (unpaired) electrons. The molecule has 144 valence electrons. The number of anilines is 1. The first-order valence-electron chi connectivity index (χ1n) is 9.60. The first-order chi connectivity index (χ1) is 12.6. The van der Waals surface area contributed by atoms with Gasteiger partial charge in [-0.25, -0.2) is 0 Å². The van der Waals surface area contributed by atoms with E-state index in [2.05, 4.69) is 22.0 Å². The van der Waals surface area contributed by atoms with Gasteiger partial charge in [-0.3, -0.25) is 14.6 Å². The molecule has 0 spiro atoms. The zero-order chi connectivity index (χ0) is 18.5. The number of likely N-dealkylation sites (tertiary alicyclic amines) is 2. The van der Waals surface area contributed by atoms with E-state index in [1.807, 2.05) is 12.1 Å². The minimum Gasteiger partial charge on any atom is -0.497 e. The van der Waals surface area contributed by atoms with Crippen molar-refractivity contribution in [2.45, 2.75) is 44.7 Å². The predicted octanol–water partition coefficient (Wildman–Crippen LogP) is 2.59. The molecule has 1 unspecified atom stereocenters. The highest BCUT2D eigenvalue weighted by atomic mass is 16.5. The van der Waals surface area contributed by atoms with E-state index in [0.29, 0.717) is 35.7 Å². The third-order valence-corrected chi connectivity index (χ3v) is 5.60. The van der Waals surface area contributed by atoms with Crippen molar-refractivity contribution < 1.29 is 14.3 Å². The van der Waals surface area contributed by atoms with Crippen LogP contribution in [0, 0.1) is 0 Å². The highest BCUT2D eigenvalue weighted by Gasteiger charge is 2.34. The van der Waals surface area contributed by atoms with E-state index in [-0.39, 0.29) is 5.91 Å². The molecule has 2 heterocycles. The second-order valence-electron chi connectivity index (χ2n) is 7.36. The van der Waals surface area contributed by atoms with Crippen LogP contribution >= 0.6 is 0 Å². The summed E-state index contributed by atoms with van der Waals surface area (Å²) < 4.78 is 10.5. The first-order valence-corrected chi connectivity index (χ1v) is 9.60. The molecule has 3 rings (SSSR count). The summed E-state index contributed by atoms with van der Waals surface area (Å²) in [5.41, 5.74) is 0.682. The number of methoxy groups -OCH3 is 2. The standard InChI is InChI=1S/C20H31N3O3/c1-15-6-4-5-10-23(15)16-13-22(14-16)11-9-20(24)21-18-8-7-17(25-2)12-19(18)26-3/h7-8,12,15-16H,4-6,9-11,13-14H2,1-3H3,(H,21,24). The molecule has 2 aliphatic heterocycles. The zero-order valence-corrected chi connectivity index (χ0v) is 16.2. The number of nitrogens with one attached hydrogen (secondary N) is 1. The van der Waals surface area contributed by atoms with Gasteiger partial charge in [0.25, 0.3) is 0 Å². The Kier molecular flexibility index (Phi) is 6.38. The SMILES string of the molecule is COc1ccc(NC(=O)CCN2CC(N3CCCCC3C)C2)c(OC)c1. The van der Waals surface area contributed by atoms with Crippen LogP contribution in [0.5, 0.6) is 11.5 Å². The Balaban J connectivity index is 1.41. The highest BCUT2D eigenvalue weighted by Crippen LogP contribution is 2.29. The quantitative estimate of drug-likeness (QED) is 0.809. The van der Waals surface area contributed by atoms with Crippen LogP contribution in [-0.2, 0) is 4.79 Å². The number of benzene rings is 1. The van der Waals surface area contributed by atoms with Crippen LogP contribution in [0.1, 0.15) is 32.6 Å². The lowest BCUT2D eigenvalue weighted by Crippen LogP contribution is -2.62. The second kappa shape index (κ2) is 8.73. The van der Waals surface area contributed by atoms with Crippen LogP contribution in [-0.4, -0.2) is 68.2 Å². The zero-order valence-electron chi connectivity index (χ0n) is 16.2. The summed E-state index contributed by atoms with van der Waals surface area (Å²) in [6.07, 6.45) is 4.51. The molecule has 2 fully saturated rings. The number of amides is 1. The summed E-state index contributed by atoms with van der Waals surface area (Å²) in [5, 5.41) is 2.94. The number of hydrogen-bond donors (Lipinski definition) is 1. The van der Waals surface area contributed by atoms with Gasteiger partial charge in [-0.1, -0.05) is 6.42 Å². The Morgan fingerprint density at radius 3 is 2.73 bits per heavy atom. The molecule has 1 N–H and O–H groups in total. The molecule has 1 aromatic carbocycles. The Labute approximate surface area is 156 Å². The number of carbonyl (C=O) groups excluding carboxylic acids is 1. The van der Waals surface area contributed by atoms with Crippen molar-refractivity contribution in [3.63, 3.8) is 0 Å². The molecule has 6 nitrogen and oxygen atoms in total. The van der Waals surface area contributed by atoms with E-state index in [1.54, 1.807) is 20.3 Å². The number of rotatable bonds is 7. The first kappa shape index (κ1) is 19.0. The fraction of sp³-hybridized carbons (Fsp3) is 0.650. The van der Waals surface area contributed by atoms with Gasteiger partial charge in [-0.2, -0.15) is 0 Å². The molecule has 0 saturated carbocycles. The van der Waals surface area contributed by atoms with E-state index < -0.39 is 0 Å². The maximum Gasteiger partial charge on any atom is 0.225 e. The number of hydrogen-bond acceptors (Lipinski definition) is 5. The number of ether oxygens (including phenoxy) is 2. The fourth-order valence-electron chi connectivity index (χ4n) is 3.97. The normalized spacial score (nSPS) is 21.9. The molecule has 0 bridgehead atoms. The number of nitrogens with zero attached hydrogens (tertiary/aromatic N) is 2. The molecule has 1 atom stereocenters. The molecular formula is C20H31N3O3. The smallest absolute Gasteiger partial charge is 0.225 e. The van der Waals surface area contributed by atoms with E-state index in [4.69, 9.17) is 9.47 Å². The third-order valence-electron chi connectivity index (χ3n) is 5.60. The van der Waals surface area contributed by atoms with Crippen molar-refractivity contribution in [2.24, 2.45) is 0 Å². The highest BCUT2D eigenvalue weighted by molar-refractivity contribution is 5.92. The van der Waals surface area contributed by atoms with Gasteiger partial charge < -0.3 is 14.8 Å². The second-order valence-corrected chi connectivity index (χ2v) is 7.36. The third kappa shape index (κ3) is 4.48. The summed E-state index contributed by atoms with van der Waals surface area (Å²) >= 11 is 0. The van der Waals surface area contributed by atoms with Crippen LogP contribution in [0.3, 0.4) is 0 Å². The van der Waals surface area contributed by atoms with E-state index in [1.165, 1.54) is 25.8 Å². The molecule has 0 aromatic heterocycles. The van der Waals surface area contributed by atoms with Gasteiger partial charge in [0, 0.05) is 44.2 Å². The molecule has 6 heteroatoms. The monoisotopic (exact) mass is 361 g/mol. The van der Waals surface area contributed by atoms with Crippen molar-refractivity contribution in [3.8, 4) is 11.5 Å². The molecule has 26 heavy (non-hydrogen) atoms.